The summed E-state index contributed by atoms with van der Waals surface area (Å²) < 4.78 is 11.2. The van der Waals surface area contributed by atoms with Gasteiger partial charge in [-0.3, -0.25) is 4.79 Å². The van der Waals surface area contributed by atoms with Gasteiger partial charge in [-0.25, -0.2) is 0 Å². The maximum atomic E-state index is 12.3. The highest BCUT2D eigenvalue weighted by Gasteiger charge is 2.16. The number of ether oxygens (including phenoxy) is 2. The van der Waals surface area contributed by atoms with Gasteiger partial charge in [0.15, 0.2) is 6.10 Å². The van der Waals surface area contributed by atoms with Crippen molar-refractivity contribution in [3.05, 3.63) is 54.1 Å². The molecule has 0 saturated carbocycles. The zero-order valence-electron chi connectivity index (χ0n) is 13.1. The van der Waals surface area contributed by atoms with Crippen LogP contribution in [0.2, 0.25) is 0 Å². The van der Waals surface area contributed by atoms with Gasteiger partial charge in [-0.1, -0.05) is 24.3 Å². The third-order valence-corrected chi connectivity index (χ3v) is 3.12. The maximum absolute atomic E-state index is 12.3. The molecule has 2 rings (SSSR count). The monoisotopic (exact) mass is 299 g/mol. The fourth-order valence-electron chi connectivity index (χ4n) is 2.03. The van der Waals surface area contributed by atoms with E-state index < -0.39 is 6.10 Å². The van der Waals surface area contributed by atoms with Crippen LogP contribution in [0.15, 0.2) is 48.5 Å². The first kappa shape index (κ1) is 15.9. The third kappa shape index (κ3) is 4.25. The van der Waals surface area contributed by atoms with E-state index in [4.69, 9.17) is 9.47 Å². The number of carbonyl (C=O) groups excluding carboxylic acids is 1. The Bertz CT molecular complexity index is 640. The molecule has 4 nitrogen and oxygen atoms in total. The summed E-state index contributed by atoms with van der Waals surface area (Å²) in [6.45, 7) is 6.15. The molecule has 0 fully saturated rings. The molecular formula is C18H21NO3. The van der Waals surface area contributed by atoms with Gasteiger partial charge in [0.25, 0.3) is 5.91 Å². The minimum Gasteiger partial charge on any atom is -0.492 e. The number of hydrogen-bond acceptors (Lipinski definition) is 3. The average molecular weight is 299 g/mol. The summed E-state index contributed by atoms with van der Waals surface area (Å²) in [5.74, 6) is 1.12. The van der Waals surface area contributed by atoms with Crippen molar-refractivity contribution in [1.82, 2.24) is 0 Å². The van der Waals surface area contributed by atoms with Crippen molar-refractivity contribution >= 4 is 11.6 Å². The fourth-order valence-corrected chi connectivity index (χ4v) is 2.03. The Balaban J connectivity index is 2.02. The van der Waals surface area contributed by atoms with Gasteiger partial charge in [0.1, 0.15) is 11.5 Å². The third-order valence-electron chi connectivity index (χ3n) is 3.12. The molecule has 0 saturated heterocycles. The molecule has 2 aromatic carbocycles. The second-order valence-corrected chi connectivity index (χ2v) is 5.00. The number of para-hydroxylation sites is 2. The first-order valence-corrected chi connectivity index (χ1v) is 7.36. The van der Waals surface area contributed by atoms with E-state index in [1.54, 1.807) is 6.92 Å². The standard InChI is InChI=1S/C18H21NO3/c1-4-21-17-11-6-5-10-16(17)19-18(20)14(3)22-15-9-7-8-13(2)12-15/h5-12,14H,4H2,1-3H3,(H,19,20)/t14-/m0/s1. The van der Waals surface area contributed by atoms with Crippen molar-refractivity contribution in [1.29, 1.82) is 0 Å². The lowest BCUT2D eigenvalue weighted by atomic mass is 10.2. The summed E-state index contributed by atoms with van der Waals surface area (Å²) in [5.41, 5.74) is 1.74. The molecule has 1 N–H and O–H groups in total. The van der Waals surface area contributed by atoms with E-state index in [1.165, 1.54) is 0 Å². The molecule has 1 atom stereocenters. The van der Waals surface area contributed by atoms with Crippen LogP contribution in [0.25, 0.3) is 0 Å². The van der Waals surface area contributed by atoms with Gasteiger partial charge in [-0.15, -0.1) is 0 Å². The van der Waals surface area contributed by atoms with Crippen LogP contribution in [0.5, 0.6) is 11.5 Å². The highest BCUT2D eigenvalue weighted by atomic mass is 16.5. The van der Waals surface area contributed by atoms with Crippen LogP contribution >= 0.6 is 0 Å². The van der Waals surface area contributed by atoms with Crippen LogP contribution < -0.4 is 14.8 Å². The lowest BCUT2D eigenvalue weighted by Gasteiger charge is -2.16. The van der Waals surface area contributed by atoms with Gasteiger partial charge in [-0.05, 0) is 50.6 Å². The molecule has 4 heteroatoms. The van der Waals surface area contributed by atoms with E-state index in [2.05, 4.69) is 5.32 Å². The predicted octanol–water partition coefficient (Wildman–Crippen LogP) is 3.80. The van der Waals surface area contributed by atoms with Crippen LogP contribution in [0, 0.1) is 6.92 Å². The second-order valence-electron chi connectivity index (χ2n) is 5.00. The van der Waals surface area contributed by atoms with E-state index in [1.807, 2.05) is 62.4 Å². The van der Waals surface area contributed by atoms with Crippen LogP contribution in [-0.2, 0) is 4.79 Å². The lowest BCUT2D eigenvalue weighted by molar-refractivity contribution is -0.122. The average Bonchev–Trinajstić information content (AvgIpc) is 2.49. The number of anilines is 1. The first-order valence-electron chi connectivity index (χ1n) is 7.36. The van der Waals surface area contributed by atoms with Gasteiger partial charge < -0.3 is 14.8 Å². The topological polar surface area (TPSA) is 47.6 Å². The number of carbonyl (C=O) groups is 1. The van der Waals surface area contributed by atoms with Crippen molar-refractivity contribution < 1.29 is 14.3 Å². The molecule has 0 unspecified atom stereocenters. The molecule has 0 spiro atoms. The maximum Gasteiger partial charge on any atom is 0.265 e. The van der Waals surface area contributed by atoms with Gasteiger partial charge in [-0.2, -0.15) is 0 Å². The summed E-state index contributed by atoms with van der Waals surface area (Å²) in [6.07, 6.45) is -0.600. The Kier molecular flexibility index (Phi) is 5.42. The first-order chi connectivity index (χ1) is 10.6. The highest BCUT2D eigenvalue weighted by Crippen LogP contribution is 2.24. The molecule has 1 amide bonds. The predicted molar refractivity (Wildman–Crippen MR) is 87.5 cm³/mol. The van der Waals surface area contributed by atoms with Crippen LogP contribution in [0.1, 0.15) is 19.4 Å². The van der Waals surface area contributed by atoms with Gasteiger partial charge in [0, 0.05) is 0 Å². The number of aryl methyl sites for hydroxylation is 1. The van der Waals surface area contributed by atoms with Crippen molar-refractivity contribution in [3.63, 3.8) is 0 Å². The molecule has 2 aromatic rings. The summed E-state index contributed by atoms with van der Waals surface area (Å²) in [6, 6.07) is 15.0. The molecule has 22 heavy (non-hydrogen) atoms. The molecular weight excluding hydrogens is 278 g/mol. The summed E-state index contributed by atoms with van der Waals surface area (Å²) in [5, 5.41) is 2.84. The molecule has 0 aromatic heterocycles. The van der Waals surface area contributed by atoms with Crippen molar-refractivity contribution in [3.8, 4) is 11.5 Å². The van der Waals surface area contributed by atoms with Gasteiger partial charge in [0.2, 0.25) is 0 Å². The molecule has 0 radical (unpaired) electrons. The lowest BCUT2D eigenvalue weighted by Crippen LogP contribution is -2.30. The van der Waals surface area contributed by atoms with E-state index in [9.17, 15) is 4.79 Å². The van der Waals surface area contributed by atoms with Gasteiger partial charge in [0.05, 0.1) is 12.3 Å². The summed E-state index contributed by atoms with van der Waals surface area (Å²) in [4.78, 5) is 12.3. The molecule has 0 aliphatic carbocycles. The van der Waals surface area contributed by atoms with E-state index >= 15 is 0 Å². The largest absolute Gasteiger partial charge is 0.492 e. The number of rotatable bonds is 6. The normalized spacial score (nSPS) is 11.6. The second kappa shape index (κ2) is 7.50. The smallest absolute Gasteiger partial charge is 0.265 e. The zero-order valence-corrected chi connectivity index (χ0v) is 13.1. The Labute approximate surface area is 131 Å². The Morgan fingerprint density at radius 3 is 2.68 bits per heavy atom. The Hall–Kier alpha value is -2.49. The molecule has 0 aliphatic rings. The minimum atomic E-state index is -0.600. The van der Waals surface area contributed by atoms with E-state index in [0.29, 0.717) is 23.8 Å². The number of benzene rings is 2. The Morgan fingerprint density at radius 1 is 1.18 bits per heavy atom. The minimum absolute atomic E-state index is 0.214. The quantitative estimate of drug-likeness (QED) is 0.882. The van der Waals surface area contributed by atoms with Crippen LogP contribution in [0.4, 0.5) is 5.69 Å². The molecule has 0 heterocycles. The zero-order chi connectivity index (χ0) is 15.9. The van der Waals surface area contributed by atoms with Crippen LogP contribution in [0.3, 0.4) is 0 Å². The Morgan fingerprint density at radius 2 is 1.95 bits per heavy atom. The van der Waals surface area contributed by atoms with Crippen molar-refractivity contribution in [2.75, 3.05) is 11.9 Å². The number of hydrogen-bond donors (Lipinski definition) is 1. The highest BCUT2D eigenvalue weighted by molar-refractivity contribution is 5.95. The molecule has 0 aliphatic heterocycles. The summed E-state index contributed by atoms with van der Waals surface area (Å²) >= 11 is 0. The fraction of sp³-hybridized carbons (Fsp3) is 0.278. The molecule has 116 valence electrons. The van der Waals surface area contributed by atoms with Gasteiger partial charge >= 0.3 is 0 Å². The number of nitrogens with one attached hydrogen (secondary N) is 1. The van der Waals surface area contributed by atoms with E-state index in [0.717, 1.165) is 5.56 Å². The van der Waals surface area contributed by atoms with Crippen molar-refractivity contribution in [2.24, 2.45) is 0 Å². The summed E-state index contributed by atoms with van der Waals surface area (Å²) in [7, 11) is 0. The van der Waals surface area contributed by atoms with Crippen molar-refractivity contribution in [2.45, 2.75) is 26.9 Å². The van der Waals surface area contributed by atoms with E-state index in [-0.39, 0.29) is 5.91 Å². The van der Waals surface area contributed by atoms with Crippen LogP contribution in [-0.4, -0.2) is 18.6 Å². The molecule has 0 bridgehead atoms. The number of amides is 1. The SMILES string of the molecule is CCOc1ccccc1NC(=O)[C@H](C)Oc1cccc(C)c1.